The summed E-state index contributed by atoms with van der Waals surface area (Å²) in [6.45, 7) is 3.72. The van der Waals surface area contributed by atoms with Crippen LogP contribution in [-0.2, 0) is 4.74 Å². The van der Waals surface area contributed by atoms with Crippen molar-refractivity contribution in [3.63, 3.8) is 0 Å². The molecule has 0 amide bonds. The molecule has 0 aromatic carbocycles. The van der Waals surface area contributed by atoms with Crippen molar-refractivity contribution in [1.29, 1.82) is 10.5 Å². The average molecular weight is 152 g/mol. The lowest BCUT2D eigenvalue weighted by Gasteiger charge is -2.11. The van der Waals surface area contributed by atoms with Gasteiger partial charge in [0.1, 0.15) is 12.2 Å². The lowest BCUT2D eigenvalue weighted by atomic mass is 10.2. The first-order chi connectivity index (χ1) is 5.28. The molecular formula is C8H12N2O. The fourth-order valence-corrected chi connectivity index (χ4v) is 0.634. The summed E-state index contributed by atoms with van der Waals surface area (Å²) < 4.78 is 5.12. The summed E-state index contributed by atoms with van der Waals surface area (Å²) in [4.78, 5) is 0. The summed E-state index contributed by atoms with van der Waals surface area (Å²) in [5.41, 5.74) is 0. The molecule has 0 bridgehead atoms. The molecule has 0 N–H and O–H groups in total. The van der Waals surface area contributed by atoms with Crippen LogP contribution in [-0.4, -0.2) is 12.2 Å². The minimum absolute atomic E-state index is 0.431. The predicted octanol–water partition coefficient (Wildman–Crippen LogP) is 1.61. The van der Waals surface area contributed by atoms with Crippen LogP contribution in [0.4, 0.5) is 0 Å². The maximum atomic E-state index is 8.48. The zero-order chi connectivity index (χ0) is 8.69. The van der Waals surface area contributed by atoms with E-state index in [-0.39, 0.29) is 0 Å². The van der Waals surface area contributed by atoms with E-state index in [0.29, 0.717) is 12.8 Å². The zero-order valence-corrected chi connectivity index (χ0v) is 6.87. The third kappa shape index (κ3) is 3.60. The van der Waals surface area contributed by atoms with E-state index in [1.54, 1.807) is 0 Å². The Morgan fingerprint density at radius 3 is 1.64 bits per heavy atom. The van der Waals surface area contributed by atoms with Gasteiger partial charge in [-0.3, -0.25) is 0 Å². The summed E-state index contributed by atoms with van der Waals surface area (Å²) in [6, 6.07) is 3.96. The van der Waals surface area contributed by atoms with Gasteiger partial charge >= 0.3 is 0 Å². The van der Waals surface area contributed by atoms with Crippen molar-refractivity contribution in [2.75, 3.05) is 0 Å². The van der Waals surface area contributed by atoms with Gasteiger partial charge in [-0.2, -0.15) is 10.5 Å². The lowest BCUT2D eigenvalue weighted by Crippen LogP contribution is -2.18. The first-order valence-corrected chi connectivity index (χ1v) is 3.73. The molecule has 3 heteroatoms. The Morgan fingerprint density at radius 1 is 1.09 bits per heavy atom. The molecule has 11 heavy (non-hydrogen) atoms. The van der Waals surface area contributed by atoms with E-state index in [0.717, 1.165) is 0 Å². The van der Waals surface area contributed by atoms with Crippen LogP contribution in [0.3, 0.4) is 0 Å². The maximum Gasteiger partial charge on any atom is 0.145 e. The largest absolute Gasteiger partial charge is 0.345 e. The van der Waals surface area contributed by atoms with Crippen molar-refractivity contribution in [3.05, 3.63) is 0 Å². The zero-order valence-electron chi connectivity index (χ0n) is 6.87. The molecule has 60 valence electrons. The van der Waals surface area contributed by atoms with Gasteiger partial charge in [-0.15, -0.1) is 0 Å². The molecule has 0 spiro atoms. The van der Waals surface area contributed by atoms with Crippen LogP contribution in [0.2, 0.25) is 0 Å². The first-order valence-electron chi connectivity index (χ1n) is 3.73. The molecule has 0 saturated heterocycles. The van der Waals surface area contributed by atoms with E-state index in [2.05, 4.69) is 0 Å². The van der Waals surface area contributed by atoms with Gasteiger partial charge < -0.3 is 4.74 Å². The molecule has 0 fully saturated rings. The van der Waals surface area contributed by atoms with Crippen LogP contribution < -0.4 is 0 Å². The second kappa shape index (κ2) is 5.70. The Kier molecular flexibility index (Phi) is 5.15. The fraction of sp³-hybridized carbons (Fsp3) is 0.750. The summed E-state index contributed by atoms with van der Waals surface area (Å²) >= 11 is 0. The molecular weight excluding hydrogens is 140 g/mol. The molecule has 0 aliphatic rings. The molecule has 3 nitrogen and oxygen atoms in total. The van der Waals surface area contributed by atoms with Crippen LogP contribution in [0.5, 0.6) is 0 Å². The number of nitriles is 2. The number of rotatable bonds is 4. The maximum absolute atomic E-state index is 8.48. The highest BCUT2D eigenvalue weighted by atomic mass is 16.5. The van der Waals surface area contributed by atoms with Crippen LogP contribution in [0.15, 0.2) is 0 Å². The minimum Gasteiger partial charge on any atom is -0.345 e. The van der Waals surface area contributed by atoms with Gasteiger partial charge in [0.05, 0.1) is 12.1 Å². The number of hydrogen-bond donors (Lipinski definition) is 0. The molecule has 0 aromatic heterocycles. The second-order valence-electron chi connectivity index (χ2n) is 2.19. The Hall–Kier alpha value is -1.06. The Labute approximate surface area is 67.2 Å². The predicted molar refractivity (Wildman–Crippen MR) is 40.5 cm³/mol. The standard InChI is InChI=1S/C8H12N2O/c1-3-7(5-9)11-8(4-2)6-10/h7-8H,3-4H2,1-2H3. The Bertz CT molecular complexity index is 158. The molecule has 0 rings (SSSR count). The number of nitrogens with zero attached hydrogens (tertiary/aromatic N) is 2. The van der Waals surface area contributed by atoms with E-state index in [1.807, 2.05) is 26.0 Å². The second-order valence-corrected chi connectivity index (χ2v) is 2.19. The van der Waals surface area contributed by atoms with Gasteiger partial charge in [0.25, 0.3) is 0 Å². The summed E-state index contributed by atoms with van der Waals surface area (Å²) in [7, 11) is 0. The summed E-state index contributed by atoms with van der Waals surface area (Å²) in [5.74, 6) is 0. The highest BCUT2D eigenvalue weighted by Gasteiger charge is 2.11. The molecule has 2 unspecified atom stereocenters. The van der Waals surface area contributed by atoms with Crippen molar-refractivity contribution in [3.8, 4) is 12.1 Å². The van der Waals surface area contributed by atoms with Crippen LogP contribution >= 0.6 is 0 Å². The smallest absolute Gasteiger partial charge is 0.145 e. The van der Waals surface area contributed by atoms with E-state index in [1.165, 1.54) is 0 Å². The summed E-state index contributed by atoms with van der Waals surface area (Å²) in [6.07, 6.45) is 0.405. The van der Waals surface area contributed by atoms with Gasteiger partial charge in [-0.25, -0.2) is 0 Å². The van der Waals surface area contributed by atoms with Gasteiger partial charge in [0, 0.05) is 0 Å². The van der Waals surface area contributed by atoms with Gasteiger partial charge in [-0.05, 0) is 12.8 Å². The molecule has 0 saturated carbocycles. The molecule has 2 atom stereocenters. The van der Waals surface area contributed by atoms with Crippen LogP contribution in [0.1, 0.15) is 26.7 Å². The van der Waals surface area contributed by atoms with Crippen LogP contribution in [0, 0.1) is 22.7 Å². The number of ether oxygens (including phenoxy) is 1. The highest BCUT2D eigenvalue weighted by Crippen LogP contribution is 2.03. The van der Waals surface area contributed by atoms with E-state index < -0.39 is 12.2 Å². The fourth-order valence-electron chi connectivity index (χ4n) is 0.634. The minimum atomic E-state index is -0.431. The molecule has 0 aromatic rings. The quantitative estimate of drug-likeness (QED) is 0.614. The topological polar surface area (TPSA) is 56.8 Å². The van der Waals surface area contributed by atoms with Crippen molar-refractivity contribution in [2.45, 2.75) is 38.9 Å². The first kappa shape index (κ1) is 9.94. The van der Waals surface area contributed by atoms with Crippen LogP contribution in [0.25, 0.3) is 0 Å². The van der Waals surface area contributed by atoms with E-state index in [9.17, 15) is 0 Å². The van der Waals surface area contributed by atoms with Crippen molar-refractivity contribution in [2.24, 2.45) is 0 Å². The Morgan fingerprint density at radius 2 is 1.45 bits per heavy atom. The Balaban J connectivity index is 3.82. The molecule has 0 heterocycles. The van der Waals surface area contributed by atoms with Crippen molar-refractivity contribution in [1.82, 2.24) is 0 Å². The molecule has 0 aliphatic heterocycles. The monoisotopic (exact) mass is 152 g/mol. The normalized spacial score (nSPS) is 14.5. The van der Waals surface area contributed by atoms with E-state index >= 15 is 0 Å². The third-order valence-corrected chi connectivity index (χ3v) is 1.36. The van der Waals surface area contributed by atoms with Crippen molar-refractivity contribution >= 4 is 0 Å². The average Bonchev–Trinajstić information content (AvgIpc) is 2.07. The van der Waals surface area contributed by atoms with Gasteiger partial charge in [0.15, 0.2) is 0 Å². The van der Waals surface area contributed by atoms with Gasteiger partial charge in [0.2, 0.25) is 0 Å². The third-order valence-electron chi connectivity index (χ3n) is 1.36. The van der Waals surface area contributed by atoms with Gasteiger partial charge in [-0.1, -0.05) is 13.8 Å². The number of hydrogen-bond acceptors (Lipinski definition) is 3. The molecule has 0 radical (unpaired) electrons. The summed E-state index contributed by atoms with van der Waals surface area (Å²) in [5, 5.41) is 17.0. The highest BCUT2D eigenvalue weighted by molar-refractivity contribution is 4.89. The molecule has 0 aliphatic carbocycles. The SMILES string of the molecule is CCC(C#N)OC(C#N)CC. The van der Waals surface area contributed by atoms with Crippen molar-refractivity contribution < 1.29 is 4.74 Å². The van der Waals surface area contributed by atoms with E-state index in [4.69, 9.17) is 15.3 Å². The lowest BCUT2D eigenvalue weighted by molar-refractivity contribution is 0.0462.